The van der Waals surface area contributed by atoms with Crippen LogP contribution in [0.25, 0.3) is 0 Å². The molecule has 0 aliphatic rings. The smallest absolute Gasteiger partial charge is 0.339 e. The first-order valence-corrected chi connectivity index (χ1v) is 6.04. The van der Waals surface area contributed by atoms with Gasteiger partial charge in [0.15, 0.2) is 5.82 Å². The number of nitro benzene ring substituents is 1. The summed E-state index contributed by atoms with van der Waals surface area (Å²) in [6.45, 7) is 2.30. The number of hydrogen-bond acceptors (Lipinski definition) is 6. The minimum absolute atomic E-state index is 0.112. The van der Waals surface area contributed by atoms with Crippen molar-refractivity contribution >= 4 is 11.7 Å². The Morgan fingerprint density at radius 2 is 2.29 bits per heavy atom. The quantitative estimate of drug-likeness (QED) is 0.632. The number of aromatic nitrogens is 3. The second-order valence-corrected chi connectivity index (χ2v) is 4.00. The van der Waals surface area contributed by atoms with Crippen molar-refractivity contribution in [2.45, 2.75) is 20.1 Å². The molecule has 1 aromatic heterocycles. The topological polar surface area (TPSA) is 120 Å². The van der Waals surface area contributed by atoms with Gasteiger partial charge in [-0.1, -0.05) is 6.07 Å². The van der Waals surface area contributed by atoms with Gasteiger partial charge in [-0.05, 0) is 13.0 Å². The molecule has 1 N–H and O–H groups in total. The fourth-order valence-corrected chi connectivity index (χ4v) is 1.79. The number of aromatic carboxylic acids is 1. The number of aryl methyl sites for hydroxylation is 1. The van der Waals surface area contributed by atoms with Crippen LogP contribution in [0.5, 0.6) is 5.75 Å². The van der Waals surface area contributed by atoms with Crippen molar-refractivity contribution in [3.05, 3.63) is 46.0 Å². The summed E-state index contributed by atoms with van der Waals surface area (Å²) in [5.41, 5.74) is -0.677. The first-order chi connectivity index (χ1) is 10.0. The zero-order valence-corrected chi connectivity index (χ0v) is 11.1. The van der Waals surface area contributed by atoms with Gasteiger partial charge in [0.1, 0.15) is 18.5 Å². The van der Waals surface area contributed by atoms with Gasteiger partial charge in [0, 0.05) is 12.6 Å². The summed E-state index contributed by atoms with van der Waals surface area (Å²) >= 11 is 0. The molecule has 0 amide bonds. The van der Waals surface area contributed by atoms with Crippen LogP contribution in [0, 0.1) is 10.1 Å². The molecule has 2 aromatic rings. The number of carbonyl (C=O) groups is 1. The highest BCUT2D eigenvalue weighted by molar-refractivity contribution is 5.92. The number of hydrogen-bond donors (Lipinski definition) is 1. The SMILES string of the molecule is CCn1ncnc1COc1c(C(=O)O)cccc1[N+](=O)[O-]. The lowest BCUT2D eigenvalue weighted by Gasteiger charge is -2.09. The highest BCUT2D eigenvalue weighted by Gasteiger charge is 2.23. The molecule has 1 heterocycles. The largest absolute Gasteiger partial charge is 0.478 e. The number of rotatable bonds is 6. The van der Waals surface area contributed by atoms with Crippen LogP contribution in [0.2, 0.25) is 0 Å². The molecule has 0 aliphatic heterocycles. The minimum atomic E-state index is -1.30. The Morgan fingerprint density at radius 3 is 2.90 bits per heavy atom. The second kappa shape index (κ2) is 5.99. The molecule has 0 saturated heterocycles. The Morgan fingerprint density at radius 1 is 1.52 bits per heavy atom. The van der Waals surface area contributed by atoms with Crippen molar-refractivity contribution in [3.8, 4) is 5.75 Å². The van der Waals surface area contributed by atoms with Gasteiger partial charge in [-0.25, -0.2) is 14.5 Å². The average Bonchev–Trinajstić information content (AvgIpc) is 2.91. The molecule has 2 rings (SSSR count). The molecular weight excluding hydrogens is 280 g/mol. The maximum atomic E-state index is 11.1. The molecular formula is C12H12N4O5. The molecule has 0 saturated carbocycles. The zero-order valence-electron chi connectivity index (χ0n) is 11.1. The Bertz CT molecular complexity index is 650. The first kappa shape index (κ1) is 14.4. The molecule has 9 heteroatoms. The lowest BCUT2D eigenvalue weighted by molar-refractivity contribution is -0.386. The number of para-hydroxylation sites is 1. The van der Waals surface area contributed by atoms with Gasteiger partial charge in [0.2, 0.25) is 5.75 Å². The van der Waals surface area contributed by atoms with Crippen molar-refractivity contribution < 1.29 is 19.6 Å². The zero-order chi connectivity index (χ0) is 15.4. The Kier molecular flexibility index (Phi) is 4.12. The van der Waals surface area contributed by atoms with Crippen LogP contribution in [0.4, 0.5) is 5.69 Å². The van der Waals surface area contributed by atoms with Gasteiger partial charge >= 0.3 is 11.7 Å². The summed E-state index contributed by atoms with van der Waals surface area (Å²) in [5, 5.41) is 24.0. The van der Waals surface area contributed by atoms with Gasteiger partial charge in [-0.3, -0.25) is 10.1 Å². The van der Waals surface area contributed by atoms with Crippen molar-refractivity contribution in [2.75, 3.05) is 0 Å². The molecule has 1 aromatic carbocycles. The van der Waals surface area contributed by atoms with E-state index in [0.717, 1.165) is 0 Å². The first-order valence-electron chi connectivity index (χ1n) is 6.04. The molecule has 110 valence electrons. The standard InChI is InChI=1S/C12H12N4O5/c1-2-15-10(13-7-14-15)6-21-11-8(12(17)18)4-3-5-9(11)16(19)20/h3-5,7H,2,6H2,1H3,(H,17,18). The number of benzene rings is 1. The summed E-state index contributed by atoms with van der Waals surface area (Å²) in [6.07, 6.45) is 1.33. The summed E-state index contributed by atoms with van der Waals surface area (Å²) in [5.74, 6) is -1.14. The molecule has 0 bridgehead atoms. The van der Waals surface area contributed by atoms with Crippen LogP contribution in [0.1, 0.15) is 23.1 Å². The van der Waals surface area contributed by atoms with E-state index >= 15 is 0 Å². The highest BCUT2D eigenvalue weighted by atomic mass is 16.6. The fourth-order valence-electron chi connectivity index (χ4n) is 1.79. The Labute approximate surface area is 118 Å². The number of nitrogens with zero attached hydrogens (tertiary/aromatic N) is 4. The van der Waals surface area contributed by atoms with Crippen molar-refractivity contribution in [2.24, 2.45) is 0 Å². The molecule has 0 unspecified atom stereocenters. The molecule has 0 aliphatic carbocycles. The maximum absolute atomic E-state index is 11.1. The number of nitro groups is 1. The van der Waals surface area contributed by atoms with Gasteiger partial charge in [-0.15, -0.1) is 0 Å². The average molecular weight is 292 g/mol. The number of carboxylic acid groups (broad SMARTS) is 1. The molecule has 0 radical (unpaired) electrons. The summed E-state index contributed by atoms with van der Waals surface area (Å²) in [7, 11) is 0. The minimum Gasteiger partial charge on any atom is -0.478 e. The van der Waals surface area contributed by atoms with E-state index < -0.39 is 16.6 Å². The monoisotopic (exact) mass is 292 g/mol. The van der Waals surface area contributed by atoms with E-state index in [-0.39, 0.29) is 17.9 Å². The normalized spacial score (nSPS) is 10.3. The summed E-state index contributed by atoms with van der Waals surface area (Å²) in [4.78, 5) is 25.4. The van der Waals surface area contributed by atoms with E-state index in [2.05, 4.69) is 10.1 Å². The summed E-state index contributed by atoms with van der Waals surface area (Å²) in [6, 6.07) is 3.73. The van der Waals surface area contributed by atoms with Gasteiger partial charge in [0.05, 0.1) is 4.92 Å². The third kappa shape index (κ3) is 2.96. The fraction of sp³-hybridized carbons (Fsp3) is 0.250. The van der Waals surface area contributed by atoms with Crippen molar-refractivity contribution in [3.63, 3.8) is 0 Å². The Hall–Kier alpha value is -2.97. The maximum Gasteiger partial charge on any atom is 0.339 e. The number of carboxylic acids is 1. The second-order valence-electron chi connectivity index (χ2n) is 4.00. The van der Waals surface area contributed by atoms with E-state index in [4.69, 9.17) is 9.84 Å². The van der Waals surface area contributed by atoms with Crippen LogP contribution >= 0.6 is 0 Å². The van der Waals surface area contributed by atoms with E-state index in [9.17, 15) is 14.9 Å². The molecule has 0 atom stereocenters. The van der Waals surface area contributed by atoms with E-state index in [1.807, 2.05) is 6.92 Å². The van der Waals surface area contributed by atoms with E-state index in [1.54, 1.807) is 4.68 Å². The van der Waals surface area contributed by atoms with Crippen molar-refractivity contribution in [1.82, 2.24) is 14.8 Å². The van der Waals surface area contributed by atoms with Gasteiger partial charge in [-0.2, -0.15) is 5.10 Å². The van der Waals surface area contributed by atoms with Crippen LogP contribution in [-0.2, 0) is 13.2 Å². The van der Waals surface area contributed by atoms with Crippen LogP contribution < -0.4 is 4.74 Å². The van der Waals surface area contributed by atoms with Crippen LogP contribution in [-0.4, -0.2) is 30.8 Å². The molecule has 0 spiro atoms. The highest BCUT2D eigenvalue weighted by Crippen LogP contribution is 2.31. The van der Waals surface area contributed by atoms with Crippen LogP contribution in [0.15, 0.2) is 24.5 Å². The predicted molar refractivity (Wildman–Crippen MR) is 70.1 cm³/mol. The molecule has 21 heavy (non-hydrogen) atoms. The van der Waals surface area contributed by atoms with Gasteiger partial charge in [0.25, 0.3) is 0 Å². The van der Waals surface area contributed by atoms with Crippen molar-refractivity contribution in [1.29, 1.82) is 0 Å². The van der Waals surface area contributed by atoms with Gasteiger partial charge < -0.3 is 9.84 Å². The Balaban J connectivity index is 2.34. The third-order valence-electron chi connectivity index (χ3n) is 2.76. The van der Waals surface area contributed by atoms with E-state index in [1.165, 1.54) is 24.5 Å². The molecule has 0 fully saturated rings. The lowest BCUT2D eigenvalue weighted by atomic mass is 10.2. The number of ether oxygens (including phenoxy) is 1. The van der Waals surface area contributed by atoms with Crippen LogP contribution in [0.3, 0.4) is 0 Å². The summed E-state index contributed by atoms with van der Waals surface area (Å²) < 4.78 is 6.88. The van der Waals surface area contributed by atoms with E-state index in [0.29, 0.717) is 12.4 Å². The predicted octanol–water partition coefficient (Wildman–Crippen LogP) is 1.48. The third-order valence-corrected chi connectivity index (χ3v) is 2.76. The molecule has 9 nitrogen and oxygen atoms in total. The lowest BCUT2D eigenvalue weighted by Crippen LogP contribution is -2.10.